The summed E-state index contributed by atoms with van der Waals surface area (Å²) in [5, 5.41) is 12.4. The lowest BCUT2D eigenvalue weighted by atomic mass is 10.0. The fourth-order valence-electron chi connectivity index (χ4n) is 9.32. The van der Waals surface area contributed by atoms with Gasteiger partial charge in [0.05, 0.1) is 27.6 Å². The summed E-state index contributed by atoms with van der Waals surface area (Å²) in [5.74, 6) is 1.85. The van der Waals surface area contributed by atoms with Crippen molar-refractivity contribution in [2.75, 3.05) is 0 Å². The Morgan fingerprint density at radius 2 is 0.842 bits per heavy atom. The third-order valence-corrected chi connectivity index (χ3v) is 12.8. The molecule has 8 aromatic carbocycles. The average Bonchev–Trinajstić information content (AvgIpc) is 3.94. The summed E-state index contributed by atoms with van der Waals surface area (Å²) in [4.78, 5) is 15.5. The van der Waals surface area contributed by atoms with Gasteiger partial charge in [-0.3, -0.25) is 4.57 Å². The van der Waals surface area contributed by atoms with Crippen molar-refractivity contribution in [2.24, 2.45) is 0 Å². The molecule has 5 nitrogen and oxygen atoms in total. The van der Waals surface area contributed by atoms with Crippen molar-refractivity contribution in [2.45, 2.75) is 0 Å². The molecule has 264 valence electrons. The molecular weight excluding hydrogens is 715 g/mol. The quantitative estimate of drug-likeness (QED) is 0.181. The fourth-order valence-corrected chi connectivity index (χ4v) is 10.5. The Morgan fingerprint density at radius 3 is 1.51 bits per heavy atom. The molecule has 0 bridgehead atoms. The predicted octanol–water partition coefficient (Wildman–Crippen LogP) is 13.5. The van der Waals surface area contributed by atoms with E-state index in [0.717, 1.165) is 44.0 Å². The van der Waals surface area contributed by atoms with Crippen LogP contribution in [0.2, 0.25) is 0 Å². The molecule has 0 aliphatic carbocycles. The van der Waals surface area contributed by atoms with Crippen molar-refractivity contribution in [3.8, 4) is 28.7 Å². The third kappa shape index (κ3) is 4.30. The summed E-state index contributed by atoms with van der Waals surface area (Å²) >= 11 is 1.88. The van der Waals surface area contributed by atoms with Gasteiger partial charge in [0.15, 0.2) is 11.6 Å². The first-order chi connectivity index (χ1) is 28.3. The molecule has 57 heavy (non-hydrogen) atoms. The lowest BCUT2D eigenvalue weighted by Crippen LogP contribution is -2.06. The van der Waals surface area contributed by atoms with Crippen molar-refractivity contribution >= 4 is 102 Å². The zero-order valence-corrected chi connectivity index (χ0v) is 31.2. The zero-order valence-electron chi connectivity index (χ0n) is 30.4. The van der Waals surface area contributed by atoms with Crippen LogP contribution >= 0.6 is 11.3 Å². The van der Waals surface area contributed by atoms with Gasteiger partial charge in [-0.2, -0.15) is 9.97 Å². The Morgan fingerprint density at radius 1 is 0.351 bits per heavy atom. The second-order valence-electron chi connectivity index (χ2n) is 14.8. The van der Waals surface area contributed by atoms with E-state index >= 15 is 0 Å². The highest BCUT2D eigenvalue weighted by Crippen LogP contribution is 2.45. The van der Waals surface area contributed by atoms with Crippen LogP contribution in [-0.2, 0) is 0 Å². The topological polar surface area (TPSA) is 48.0 Å². The molecule has 0 spiro atoms. The highest BCUT2D eigenvalue weighted by molar-refractivity contribution is 7.26. The van der Waals surface area contributed by atoms with Crippen LogP contribution in [0.4, 0.5) is 0 Å². The largest absolute Gasteiger partial charge is 0.308 e. The number of benzene rings is 8. The molecule has 0 saturated heterocycles. The number of thiophene rings is 1. The molecule has 6 heteroatoms. The maximum absolute atomic E-state index is 5.23. The van der Waals surface area contributed by atoms with Crippen molar-refractivity contribution < 1.29 is 0 Å². The molecule has 0 N–H and O–H groups in total. The van der Waals surface area contributed by atoms with Crippen LogP contribution in [0.15, 0.2) is 176 Å². The molecule has 13 rings (SSSR count). The number of hydrogen-bond donors (Lipinski definition) is 0. The van der Waals surface area contributed by atoms with Crippen LogP contribution in [0, 0.1) is 0 Å². The van der Waals surface area contributed by atoms with Crippen molar-refractivity contribution in [1.29, 1.82) is 0 Å². The Hall–Kier alpha value is -7.41. The third-order valence-electron chi connectivity index (χ3n) is 11.7. The van der Waals surface area contributed by atoms with Crippen LogP contribution < -0.4 is 0 Å². The van der Waals surface area contributed by atoms with Gasteiger partial charge in [0, 0.05) is 63.6 Å². The fraction of sp³-hybridized carbons (Fsp3) is 0. The minimum atomic E-state index is 0.581. The predicted molar refractivity (Wildman–Crippen MR) is 239 cm³/mol. The maximum atomic E-state index is 5.23. The smallest absolute Gasteiger partial charge is 0.238 e. The molecule has 0 aliphatic heterocycles. The van der Waals surface area contributed by atoms with Crippen LogP contribution in [0.1, 0.15) is 0 Å². The Balaban J connectivity index is 1.24. The second-order valence-corrected chi connectivity index (χ2v) is 15.9. The van der Waals surface area contributed by atoms with Crippen molar-refractivity contribution in [3.63, 3.8) is 0 Å². The van der Waals surface area contributed by atoms with E-state index in [-0.39, 0.29) is 0 Å². The second kappa shape index (κ2) is 11.6. The molecule has 5 heterocycles. The summed E-state index contributed by atoms with van der Waals surface area (Å²) < 4.78 is 7.36. The highest BCUT2D eigenvalue weighted by atomic mass is 32.1. The standard InChI is InChI=1S/C51H29N5S/c1-3-14-30(15-4-1)49-52-50(31-16-5-2-6-17-31)54-51(53-49)56-41-25-10-8-19-33(41)38-28-39-37-23-11-22-36-35-21-13-27-45-47(35)46-34(20-12-26-44(46)57-45)32-18-7-9-24-40(32)55(48(36)37)42(39)29-43(38)56/h1-29H. The van der Waals surface area contributed by atoms with Gasteiger partial charge in [-0.1, -0.05) is 140 Å². The number of fused-ring (bicyclic) bond motifs is 10. The molecule has 0 radical (unpaired) electrons. The lowest BCUT2D eigenvalue weighted by molar-refractivity contribution is 0.953. The van der Waals surface area contributed by atoms with Gasteiger partial charge < -0.3 is 4.40 Å². The van der Waals surface area contributed by atoms with Gasteiger partial charge in [-0.25, -0.2) is 4.98 Å². The average molecular weight is 744 g/mol. The molecule has 13 aromatic rings. The van der Waals surface area contributed by atoms with E-state index < -0.39 is 0 Å². The molecule has 0 atom stereocenters. The maximum Gasteiger partial charge on any atom is 0.238 e. The van der Waals surface area contributed by atoms with Gasteiger partial charge in [0.25, 0.3) is 0 Å². The van der Waals surface area contributed by atoms with E-state index in [1.807, 2.05) is 47.7 Å². The van der Waals surface area contributed by atoms with E-state index in [1.165, 1.54) is 58.0 Å². The minimum absolute atomic E-state index is 0.581. The molecule has 0 aliphatic rings. The van der Waals surface area contributed by atoms with E-state index in [9.17, 15) is 0 Å². The summed E-state index contributed by atoms with van der Waals surface area (Å²) in [7, 11) is 0. The summed E-state index contributed by atoms with van der Waals surface area (Å²) in [6, 6.07) is 63.1. The van der Waals surface area contributed by atoms with Gasteiger partial charge in [0.2, 0.25) is 5.95 Å². The van der Waals surface area contributed by atoms with Crippen molar-refractivity contribution in [3.05, 3.63) is 176 Å². The van der Waals surface area contributed by atoms with Gasteiger partial charge in [0.1, 0.15) is 0 Å². The Bertz CT molecular complexity index is 3750. The summed E-state index contributed by atoms with van der Waals surface area (Å²) in [5.41, 5.74) is 7.45. The summed E-state index contributed by atoms with van der Waals surface area (Å²) in [6.07, 6.45) is 0. The first-order valence-corrected chi connectivity index (χ1v) is 20.0. The Labute approximate surface area is 329 Å². The van der Waals surface area contributed by atoms with E-state index in [2.05, 4.69) is 148 Å². The number of aromatic nitrogens is 5. The summed E-state index contributed by atoms with van der Waals surface area (Å²) in [6.45, 7) is 0. The normalized spacial score (nSPS) is 12.2. The van der Waals surface area contributed by atoms with Crippen LogP contribution in [0.25, 0.3) is 120 Å². The number of rotatable bonds is 3. The molecule has 0 fully saturated rings. The molecule has 0 amide bonds. The van der Waals surface area contributed by atoms with Crippen LogP contribution in [-0.4, -0.2) is 23.9 Å². The van der Waals surface area contributed by atoms with Crippen LogP contribution in [0.5, 0.6) is 0 Å². The number of hydrogen-bond acceptors (Lipinski definition) is 4. The lowest BCUT2D eigenvalue weighted by Gasteiger charge is -2.11. The number of para-hydroxylation sites is 3. The zero-order chi connectivity index (χ0) is 37.2. The molecule has 5 aromatic heterocycles. The van der Waals surface area contributed by atoms with Crippen LogP contribution in [0.3, 0.4) is 0 Å². The van der Waals surface area contributed by atoms with E-state index in [1.54, 1.807) is 0 Å². The molecular formula is C51H29N5S. The first kappa shape index (κ1) is 30.9. The van der Waals surface area contributed by atoms with Gasteiger partial charge in [-0.05, 0) is 47.2 Å². The van der Waals surface area contributed by atoms with Gasteiger partial charge >= 0.3 is 0 Å². The SMILES string of the molecule is c1ccc(-c2nc(-c3ccccc3)nc(-n3c4ccccc4c4cc5c6cccc7c8cccc9sc%10cccc(c%11ccccc%11n(c5cc43)c76)c%10c98)n2)cc1. The molecule has 0 saturated carbocycles. The number of nitrogens with zero attached hydrogens (tertiary/aromatic N) is 5. The van der Waals surface area contributed by atoms with E-state index in [4.69, 9.17) is 15.0 Å². The highest BCUT2D eigenvalue weighted by Gasteiger charge is 2.22. The molecule has 0 unspecified atom stereocenters. The minimum Gasteiger partial charge on any atom is -0.308 e. The van der Waals surface area contributed by atoms with Gasteiger partial charge in [-0.15, -0.1) is 11.3 Å². The van der Waals surface area contributed by atoms with E-state index in [0.29, 0.717) is 17.6 Å². The first-order valence-electron chi connectivity index (χ1n) is 19.2. The Kier molecular flexibility index (Phi) is 6.26. The van der Waals surface area contributed by atoms with Crippen molar-refractivity contribution in [1.82, 2.24) is 23.9 Å². The monoisotopic (exact) mass is 743 g/mol.